The number of methoxy groups -OCH3 is 4. The van der Waals surface area contributed by atoms with Gasteiger partial charge < -0.3 is 53.3 Å². The highest BCUT2D eigenvalue weighted by molar-refractivity contribution is 7.16. The number of Topliss-reactive ketones (excluding diaryl/α,β-unsaturated/α-hetero) is 1. The molecule has 1 fully saturated rings. The van der Waals surface area contributed by atoms with E-state index in [1.807, 2.05) is 113 Å². The number of anilines is 4. The van der Waals surface area contributed by atoms with Gasteiger partial charge in [-0.25, -0.2) is 24.9 Å². The second kappa shape index (κ2) is 28.2. The van der Waals surface area contributed by atoms with Gasteiger partial charge in [-0.05, 0) is 124 Å². The Morgan fingerprint density at radius 1 is 0.602 bits per heavy atom. The first kappa shape index (κ1) is 63.4. The molecule has 21 nitrogen and oxygen atoms in total. The van der Waals surface area contributed by atoms with Crippen molar-refractivity contribution in [2.24, 2.45) is 14.1 Å². The molecule has 7 heterocycles. The van der Waals surface area contributed by atoms with Crippen LogP contribution in [0.25, 0.3) is 32.1 Å². The van der Waals surface area contributed by atoms with Gasteiger partial charge in [-0.2, -0.15) is 4.98 Å². The number of halogens is 1. The van der Waals surface area contributed by atoms with Crippen molar-refractivity contribution in [2.75, 3.05) is 45.6 Å². The zero-order valence-electron chi connectivity index (χ0n) is 50.2. The van der Waals surface area contributed by atoms with Crippen LogP contribution in [-0.4, -0.2) is 104 Å². The van der Waals surface area contributed by atoms with Gasteiger partial charge in [0.05, 0.1) is 50.7 Å². The lowest BCUT2D eigenvalue weighted by Crippen LogP contribution is -2.41. The maximum absolute atomic E-state index is 12.7. The number of nitrogens with zero attached hydrogens (tertiary/aromatic N) is 8. The van der Waals surface area contributed by atoms with Crippen molar-refractivity contribution in [3.8, 4) is 34.4 Å². The van der Waals surface area contributed by atoms with E-state index >= 15 is 0 Å². The summed E-state index contributed by atoms with van der Waals surface area (Å²) in [5.74, 6) is 4.02. The van der Waals surface area contributed by atoms with Gasteiger partial charge >= 0.3 is 7.12 Å². The third-order valence-corrected chi connectivity index (χ3v) is 16.3. The second-order valence-electron chi connectivity index (χ2n) is 21.2. The highest BCUT2D eigenvalue weighted by Gasteiger charge is 2.51. The first-order valence-electron chi connectivity index (χ1n) is 27.8. The first-order valence-corrected chi connectivity index (χ1v) is 29.9. The van der Waals surface area contributed by atoms with Crippen LogP contribution >= 0.6 is 34.3 Å². The average molecular weight is 1250 g/mol. The van der Waals surface area contributed by atoms with E-state index in [2.05, 4.69) is 40.9 Å². The number of fused-ring (bicyclic) bond motifs is 2. The molecule has 88 heavy (non-hydrogen) atoms. The number of pyridine rings is 2. The first-order chi connectivity index (χ1) is 42.2. The number of ketones is 1. The van der Waals surface area contributed by atoms with Crippen LogP contribution in [-0.2, 0) is 36.2 Å². The van der Waals surface area contributed by atoms with Gasteiger partial charge in [0.1, 0.15) is 15.9 Å². The molecule has 4 aromatic carbocycles. The largest absolute Gasteiger partial charge is 0.494 e. The summed E-state index contributed by atoms with van der Waals surface area (Å²) in [6, 6.07) is 32.6. The minimum atomic E-state index is -0.421. The summed E-state index contributed by atoms with van der Waals surface area (Å²) in [5, 5.41) is 9.56. The Bertz CT molecular complexity index is 4220. The summed E-state index contributed by atoms with van der Waals surface area (Å²) in [4.78, 5) is 76.4. The fourth-order valence-electron chi connectivity index (χ4n) is 8.99. The van der Waals surface area contributed by atoms with E-state index in [0.717, 1.165) is 43.2 Å². The van der Waals surface area contributed by atoms with Crippen molar-refractivity contribution in [2.45, 2.75) is 64.6 Å². The SMILES string of the molecule is COc1ccc(Nc2nc(-c3ccc(C(=O)NCCc4ccn(C)c(=O)c4)cc3)nc3scnc23)cc1OC.COc1ccc(Nc2nc(Cl)nc3scnc23)cc1OC.Cn1ccc(CCCC(=O)c2ccc(B3OC(C)(C)C(C)(C)O3)cc2)cc1=O. The number of benzene rings is 4. The topological polar surface area (TPSA) is 247 Å². The van der Waals surface area contributed by atoms with Crippen LogP contribution in [0.3, 0.4) is 0 Å². The number of ether oxygens (including phenoxy) is 4. The monoisotopic (exact) mass is 1250 g/mol. The molecule has 0 atom stereocenters. The molecule has 0 unspecified atom stereocenters. The van der Waals surface area contributed by atoms with E-state index in [0.29, 0.717) is 94.8 Å². The molecule has 1 amide bonds. The number of carbonyl (C=O) groups excluding carboxylic acids is 2. The van der Waals surface area contributed by atoms with Crippen LogP contribution in [0.5, 0.6) is 23.0 Å². The zero-order valence-corrected chi connectivity index (χ0v) is 52.6. The highest BCUT2D eigenvalue weighted by Crippen LogP contribution is 2.38. The molecule has 10 aromatic rings. The summed E-state index contributed by atoms with van der Waals surface area (Å²) in [6.07, 6.45) is 5.93. The summed E-state index contributed by atoms with van der Waals surface area (Å²) in [5.41, 5.74) is 10.2. The predicted octanol–water partition coefficient (Wildman–Crippen LogP) is 10.6. The minimum absolute atomic E-state index is 0.0258. The van der Waals surface area contributed by atoms with Crippen molar-refractivity contribution >= 4 is 102 Å². The number of nitrogens with one attached hydrogen (secondary N) is 3. The molecule has 3 N–H and O–H groups in total. The Hall–Kier alpha value is -9.07. The molecule has 1 saturated heterocycles. The van der Waals surface area contributed by atoms with E-state index < -0.39 is 7.12 Å². The fourth-order valence-corrected chi connectivity index (χ4v) is 10.5. The maximum Gasteiger partial charge on any atom is 0.494 e. The van der Waals surface area contributed by atoms with E-state index in [4.69, 9.17) is 44.8 Å². The van der Waals surface area contributed by atoms with Gasteiger partial charge in [-0.15, -0.1) is 22.7 Å². The summed E-state index contributed by atoms with van der Waals surface area (Å²) < 4.78 is 36.4. The zero-order chi connectivity index (χ0) is 62.7. The fraction of sp³-hybridized carbons (Fsp3) is 0.270. The van der Waals surface area contributed by atoms with Crippen LogP contribution < -0.4 is 51.5 Å². The molecule has 25 heteroatoms. The lowest BCUT2D eigenvalue weighted by atomic mass is 9.78. The number of aryl methyl sites for hydroxylation is 3. The summed E-state index contributed by atoms with van der Waals surface area (Å²) in [6.45, 7) is 8.51. The van der Waals surface area contributed by atoms with Gasteiger partial charge in [0.15, 0.2) is 51.1 Å². The smallest absolute Gasteiger partial charge is 0.493 e. The number of hydrogen-bond acceptors (Lipinski definition) is 20. The van der Waals surface area contributed by atoms with Crippen LogP contribution in [0.2, 0.25) is 5.28 Å². The predicted molar refractivity (Wildman–Crippen MR) is 345 cm³/mol. The molecule has 6 aromatic heterocycles. The van der Waals surface area contributed by atoms with Gasteiger partial charge in [0, 0.05) is 91.8 Å². The molecule has 0 aliphatic carbocycles. The molecule has 0 bridgehead atoms. The standard InChI is InChI=1S/C28H26N6O4S.C22H28BNO4.C13H11ClN4O2S/c1-34-13-11-17(14-23(34)35)10-12-29-27(36)19-6-4-18(5-7-19)25-32-26(24-28(33-25)39-16-30-24)31-20-8-9-21(37-2)22(15-20)38-3;1-21(2)22(3,4)28-23(27-21)18-11-9-17(10-12-18)19(25)8-6-7-16-13-14-24(5)20(26)15-16;1-19-8-4-3-7(5-9(8)20-2)16-11-10-12(21-6-15-10)18-13(14)17-11/h4-9,11,13-16H,10,12H2,1-3H3,(H,29,36)(H,31,32,33);9-15H,6-8H2,1-5H3;3-6H,1-2H3,(H,16,17,18). The number of rotatable bonds is 19. The Kier molecular flexibility index (Phi) is 20.3. The van der Waals surface area contributed by atoms with Crippen LogP contribution in [0.1, 0.15) is 72.4 Å². The number of amides is 1. The van der Waals surface area contributed by atoms with Gasteiger partial charge in [-0.3, -0.25) is 19.2 Å². The van der Waals surface area contributed by atoms with Crippen molar-refractivity contribution in [1.82, 2.24) is 44.4 Å². The van der Waals surface area contributed by atoms with E-state index in [9.17, 15) is 19.2 Å². The average Bonchev–Trinajstić information content (AvgIpc) is 1.92. The van der Waals surface area contributed by atoms with Crippen molar-refractivity contribution in [1.29, 1.82) is 0 Å². The molecule has 0 saturated carbocycles. The van der Waals surface area contributed by atoms with Crippen LogP contribution in [0.15, 0.2) is 142 Å². The quantitative estimate of drug-likeness (QED) is 0.0387. The number of thiazole rings is 2. The summed E-state index contributed by atoms with van der Waals surface area (Å²) in [7, 11) is 9.35. The number of aromatic nitrogens is 8. The van der Waals surface area contributed by atoms with Gasteiger partial charge in [0.25, 0.3) is 17.0 Å². The van der Waals surface area contributed by atoms with E-state index in [1.54, 1.807) is 90.2 Å². The molecule has 1 aliphatic heterocycles. The molecule has 0 radical (unpaired) electrons. The van der Waals surface area contributed by atoms with E-state index in [1.165, 1.54) is 31.8 Å². The van der Waals surface area contributed by atoms with Crippen molar-refractivity contribution in [3.63, 3.8) is 0 Å². The lowest BCUT2D eigenvalue weighted by molar-refractivity contribution is 0.00578. The van der Waals surface area contributed by atoms with Gasteiger partial charge in [-0.1, -0.05) is 36.4 Å². The Labute approximate surface area is 521 Å². The molecule has 454 valence electrons. The minimum Gasteiger partial charge on any atom is -0.493 e. The van der Waals surface area contributed by atoms with Crippen LogP contribution in [0.4, 0.5) is 23.0 Å². The second-order valence-corrected chi connectivity index (χ2v) is 23.2. The Balaban J connectivity index is 0.000000165. The molecular weight excluding hydrogens is 1180 g/mol. The third kappa shape index (κ3) is 15.4. The van der Waals surface area contributed by atoms with E-state index in [-0.39, 0.29) is 39.3 Å². The molecular formula is C63H65BClN11O10S2. The molecule has 11 rings (SSSR count). The maximum atomic E-state index is 12.7. The normalized spacial score (nSPS) is 13.0. The third-order valence-electron chi connectivity index (χ3n) is 14.7. The Morgan fingerprint density at radius 2 is 1.10 bits per heavy atom. The lowest BCUT2D eigenvalue weighted by Gasteiger charge is -2.32. The summed E-state index contributed by atoms with van der Waals surface area (Å²) >= 11 is 8.75. The molecule has 0 spiro atoms. The van der Waals surface area contributed by atoms with Crippen molar-refractivity contribution in [3.05, 3.63) is 181 Å². The highest BCUT2D eigenvalue weighted by atomic mass is 35.5. The molecule has 1 aliphatic rings. The van der Waals surface area contributed by atoms with Gasteiger partial charge in [0.2, 0.25) is 5.28 Å². The van der Waals surface area contributed by atoms with Crippen molar-refractivity contribution < 1.29 is 37.8 Å². The number of carbonyl (C=O) groups is 2. The Morgan fingerprint density at radius 3 is 1.62 bits per heavy atom. The number of hydrogen-bond donors (Lipinski definition) is 3. The van der Waals surface area contributed by atoms with Crippen LogP contribution in [0, 0.1) is 0 Å².